The Morgan fingerprint density at radius 2 is 1.62 bits per heavy atom. The van der Waals surface area contributed by atoms with E-state index in [1.165, 1.54) is 0 Å². The number of aromatic nitrogens is 4. The Hall–Kier alpha value is -0.324. The van der Waals surface area contributed by atoms with E-state index in [0.717, 1.165) is 5.69 Å². The van der Waals surface area contributed by atoms with E-state index in [1.807, 2.05) is 6.92 Å². The molecule has 0 saturated heterocycles. The number of rotatable bonds is 3. The molecule has 144 valence electrons. The number of nitrogens with one attached hydrogen (secondary N) is 2. The van der Waals surface area contributed by atoms with Gasteiger partial charge in [0.05, 0.1) is 28.0 Å². The summed E-state index contributed by atoms with van der Waals surface area (Å²) in [7, 11) is 0. The molecule has 0 aliphatic rings. The van der Waals surface area contributed by atoms with Crippen LogP contribution in [0.2, 0.25) is 10.0 Å². The molecule has 11 heteroatoms. The number of aryl methyl sites for hydroxylation is 2. The van der Waals surface area contributed by atoms with Gasteiger partial charge >= 0.3 is 29.0 Å². The summed E-state index contributed by atoms with van der Waals surface area (Å²) >= 11 is 11.6. The molecule has 0 spiro atoms. The quantitative estimate of drug-likeness (QED) is 0.330. The standard InChI is InChI=1S/C7H9ClN2O2.C7H11ClN2O.CH3.BrH.Mg/c1-3-12-7(11)6-5(8)4(2)9-10-6;1-4-5(8)6(10-9-4)7(2,3)11;;;/h3H2,1-2H3,(H,9,10);11H,1-3H3,(H,9,10);1H3;1H;/q;;-1;;+2/p-1. The van der Waals surface area contributed by atoms with Crippen LogP contribution in [0.25, 0.3) is 0 Å². The number of carbonyl (C=O) groups excluding carboxylic acids is 1. The molecule has 7 nitrogen and oxygen atoms in total. The maximum Gasteiger partial charge on any atom is 2.00 e. The molecule has 0 amide bonds. The number of hydrogen-bond acceptors (Lipinski definition) is 5. The summed E-state index contributed by atoms with van der Waals surface area (Å²) in [5, 5.41) is 23.2. The SMILES string of the molecule is CCOC(=O)c1n[nH]c(C)c1Cl.Cc1[nH]nc(C(C)(C)O)c1Cl.[Br-].[CH3-].[Mg+2]. The largest absolute Gasteiger partial charge is 2.00 e. The molecule has 2 rings (SSSR count). The minimum absolute atomic E-state index is 0. The van der Waals surface area contributed by atoms with Crippen molar-refractivity contribution in [3.05, 3.63) is 40.2 Å². The first-order chi connectivity index (χ1) is 10.6. The third-order valence-corrected chi connectivity index (χ3v) is 3.72. The van der Waals surface area contributed by atoms with Crippen LogP contribution in [0.4, 0.5) is 0 Å². The summed E-state index contributed by atoms with van der Waals surface area (Å²) in [6.45, 7) is 8.89. The topological polar surface area (TPSA) is 104 Å². The molecule has 26 heavy (non-hydrogen) atoms. The van der Waals surface area contributed by atoms with Crippen molar-refractivity contribution < 1.29 is 31.6 Å². The minimum Gasteiger partial charge on any atom is -1.00 e. The van der Waals surface area contributed by atoms with Gasteiger partial charge < -0.3 is 34.3 Å². The number of esters is 1. The molecular formula is C15H23BrCl2MgN4O3. The molecule has 0 unspecified atom stereocenters. The number of halogens is 3. The maximum absolute atomic E-state index is 11.1. The second-order valence-corrected chi connectivity index (χ2v) is 6.06. The summed E-state index contributed by atoms with van der Waals surface area (Å²) in [5.41, 5.74) is 1.12. The monoisotopic (exact) mass is 480 g/mol. The molecule has 2 aromatic heterocycles. The van der Waals surface area contributed by atoms with Gasteiger partial charge in [0.1, 0.15) is 11.3 Å². The second-order valence-electron chi connectivity index (χ2n) is 5.30. The van der Waals surface area contributed by atoms with Gasteiger partial charge in [0.2, 0.25) is 0 Å². The van der Waals surface area contributed by atoms with E-state index in [0.29, 0.717) is 28.0 Å². The molecule has 0 aromatic carbocycles. The van der Waals surface area contributed by atoms with Crippen molar-refractivity contribution in [1.29, 1.82) is 0 Å². The van der Waals surface area contributed by atoms with Gasteiger partial charge in [0, 0.05) is 0 Å². The molecule has 0 bridgehead atoms. The van der Waals surface area contributed by atoms with Crippen LogP contribution < -0.4 is 17.0 Å². The Morgan fingerprint density at radius 1 is 1.15 bits per heavy atom. The Balaban J connectivity index is -0.000000366. The molecule has 0 aliphatic carbocycles. The van der Waals surface area contributed by atoms with Crippen molar-refractivity contribution in [2.75, 3.05) is 6.61 Å². The van der Waals surface area contributed by atoms with Crippen LogP contribution in [0.1, 0.15) is 48.3 Å². The fourth-order valence-corrected chi connectivity index (χ4v) is 2.05. The zero-order valence-corrected chi connectivity index (χ0v) is 20.2. The normalized spacial score (nSPS) is 9.69. The summed E-state index contributed by atoms with van der Waals surface area (Å²) in [6, 6.07) is 0. The van der Waals surface area contributed by atoms with Gasteiger partial charge in [-0.3, -0.25) is 10.2 Å². The molecule has 0 atom stereocenters. The second kappa shape index (κ2) is 13.0. The fraction of sp³-hybridized carbons (Fsp3) is 0.467. The average Bonchev–Trinajstić information content (AvgIpc) is 2.95. The number of H-pyrrole nitrogens is 2. The third-order valence-electron chi connectivity index (χ3n) is 2.79. The van der Waals surface area contributed by atoms with Gasteiger partial charge in [-0.05, 0) is 34.6 Å². The van der Waals surface area contributed by atoms with Crippen molar-refractivity contribution >= 4 is 52.2 Å². The minimum atomic E-state index is -0.970. The van der Waals surface area contributed by atoms with Crippen molar-refractivity contribution in [1.82, 2.24) is 20.4 Å². The van der Waals surface area contributed by atoms with E-state index in [2.05, 4.69) is 20.4 Å². The van der Waals surface area contributed by atoms with Crippen molar-refractivity contribution in [2.45, 2.75) is 40.2 Å². The van der Waals surface area contributed by atoms with Crippen LogP contribution in [0.15, 0.2) is 0 Å². The Labute approximate surface area is 190 Å². The average molecular weight is 482 g/mol. The van der Waals surface area contributed by atoms with E-state index < -0.39 is 11.6 Å². The van der Waals surface area contributed by atoms with E-state index in [4.69, 9.17) is 27.9 Å². The number of carbonyl (C=O) groups is 1. The first-order valence-electron chi connectivity index (χ1n) is 6.90. The van der Waals surface area contributed by atoms with Crippen LogP contribution in [0.3, 0.4) is 0 Å². The van der Waals surface area contributed by atoms with Gasteiger partial charge in [0.15, 0.2) is 5.69 Å². The summed E-state index contributed by atoms with van der Waals surface area (Å²) in [4.78, 5) is 11.1. The van der Waals surface area contributed by atoms with Crippen LogP contribution in [0.5, 0.6) is 0 Å². The third kappa shape index (κ3) is 8.14. The zero-order chi connectivity index (χ0) is 17.8. The molecule has 2 heterocycles. The summed E-state index contributed by atoms with van der Waals surface area (Å²) in [5.74, 6) is -0.494. The Kier molecular flexibility index (Phi) is 15.2. The molecular weight excluding hydrogens is 459 g/mol. The Morgan fingerprint density at radius 3 is 1.88 bits per heavy atom. The van der Waals surface area contributed by atoms with E-state index in [9.17, 15) is 9.90 Å². The first-order valence-corrected chi connectivity index (χ1v) is 7.66. The molecule has 0 radical (unpaired) electrons. The van der Waals surface area contributed by atoms with Gasteiger partial charge in [-0.2, -0.15) is 10.2 Å². The van der Waals surface area contributed by atoms with Crippen molar-refractivity contribution in [2.24, 2.45) is 0 Å². The number of aromatic amines is 2. The molecule has 0 aliphatic heterocycles. The Bertz CT molecular complexity index is 687. The van der Waals surface area contributed by atoms with Crippen molar-refractivity contribution in [3.8, 4) is 0 Å². The van der Waals surface area contributed by atoms with E-state index in [1.54, 1.807) is 27.7 Å². The summed E-state index contributed by atoms with van der Waals surface area (Å²) < 4.78 is 4.72. The molecule has 2 aromatic rings. The van der Waals surface area contributed by atoms with Crippen LogP contribution in [0, 0.1) is 21.3 Å². The predicted molar refractivity (Wildman–Crippen MR) is 100 cm³/mol. The number of nitrogens with zero attached hydrogens (tertiary/aromatic N) is 2. The fourth-order valence-electron chi connectivity index (χ4n) is 1.57. The summed E-state index contributed by atoms with van der Waals surface area (Å²) in [6.07, 6.45) is 0. The van der Waals surface area contributed by atoms with Gasteiger partial charge in [-0.1, -0.05) is 23.2 Å². The van der Waals surface area contributed by atoms with Gasteiger partial charge in [-0.25, -0.2) is 4.79 Å². The van der Waals surface area contributed by atoms with Crippen LogP contribution in [-0.2, 0) is 10.3 Å². The van der Waals surface area contributed by atoms with E-state index in [-0.39, 0.29) is 53.2 Å². The molecule has 0 fully saturated rings. The van der Waals surface area contributed by atoms with Crippen LogP contribution in [-0.4, -0.2) is 61.1 Å². The van der Waals surface area contributed by atoms with Gasteiger partial charge in [0.25, 0.3) is 0 Å². The molecule has 3 N–H and O–H groups in total. The number of ether oxygens (including phenoxy) is 1. The maximum atomic E-state index is 11.1. The zero-order valence-electron chi connectivity index (χ0n) is 15.7. The van der Waals surface area contributed by atoms with Gasteiger partial charge in [-0.15, -0.1) is 0 Å². The molecule has 0 saturated carbocycles. The van der Waals surface area contributed by atoms with E-state index >= 15 is 0 Å². The van der Waals surface area contributed by atoms with Crippen molar-refractivity contribution in [3.63, 3.8) is 0 Å². The van der Waals surface area contributed by atoms with Crippen LogP contribution >= 0.6 is 23.2 Å². The first kappa shape index (κ1) is 30.4. The number of hydrogen-bond donors (Lipinski definition) is 3. The number of aliphatic hydroxyl groups is 1. The predicted octanol–water partition coefficient (Wildman–Crippen LogP) is 0.221. The smallest absolute Gasteiger partial charge is 1.00 e.